The minimum atomic E-state index is -4.63. The molecule has 1 atom stereocenters. The van der Waals surface area contributed by atoms with Crippen molar-refractivity contribution in [3.8, 4) is 11.6 Å². The van der Waals surface area contributed by atoms with Crippen LogP contribution >= 0.6 is 15.9 Å². The molecule has 0 aliphatic carbocycles. The number of hydrogen-bond acceptors (Lipinski definition) is 5. The van der Waals surface area contributed by atoms with E-state index in [-0.39, 0.29) is 34.5 Å². The van der Waals surface area contributed by atoms with Crippen LogP contribution in [-0.2, 0) is 26.2 Å². The summed E-state index contributed by atoms with van der Waals surface area (Å²) in [4.78, 5) is 34.0. The van der Waals surface area contributed by atoms with Crippen molar-refractivity contribution in [2.75, 3.05) is 0 Å². The first kappa shape index (κ1) is 27.9. The number of benzene rings is 2. The van der Waals surface area contributed by atoms with E-state index >= 15 is 0 Å². The van der Waals surface area contributed by atoms with Gasteiger partial charge in [-0.05, 0) is 69.7 Å². The van der Waals surface area contributed by atoms with Gasteiger partial charge in [0, 0.05) is 39.8 Å². The van der Waals surface area contributed by atoms with Crippen molar-refractivity contribution in [2.45, 2.75) is 46.0 Å². The van der Waals surface area contributed by atoms with Crippen molar-refractivity contribution < 1.29 is 18.0 Å². The van der Waals surface area contributed by atoms with Crippen LogP contribution in [0.1, 0.15) is 45.5 Å². The van der Waals surface area contributed by atoms with Crippen LogP contribution in [0, 0.1) is 13.8 Å². The molecule has 0 radical (unpaired) electrons. The molecule has 0 saturated carbocycles. The average Bonchev–Trinajstić information content (AvgIpc) is 3.47. The van der Waals surface area contributed by atoms with E-state index in [0.29, 0.717) is 16.9 Å². The fourth-order valence-corrected chi connectivity index (χ4v) is 5.93. The highest BCUT2D eigenvalue weighted by atomic mass is 79.9. The molecule has 0 bridgehead atoms. The van der Waals surface area contributed by atoms with Crippen molar-refractivity contribution in [3.63, 3.8) is 0 Å². The normalized spacial score (nSPS) is 15.3. The largest absolute Gasteiger partial charge is 0.417 e. The maximum atomic E-state index is 14.2. The van der Waals surface area contributed by atoms with E-state index in [1.165, 1.54) is 21.6 Å². The highest BCUT2D eigenvalue weighted by Gasteiger charge is 2.36. The molecule has 13 heteroatoms. The quantitative estimate of drug-likeness (QED) is 0.268. The molecule has 1 aliphatic heterocycles. The Hall–Kier alpha value is -4.26. The van der Waals surface area contributed by atoms with E-state index in [0.717, 1.165) is 28.4 Å². The van der Waals surface area contributed by atoms with Gasteiger partial charge in [-0.1, -0.05) is 15.9 Å². The molecule has 3 aromatic heterocycles. The molecule has 1 amide bonds. The fraction of sp³-hybridized carbons (Fsp3) is 0.276. The van der Waals surface area contributed by atoms with Gasteiger partial charge in [-0.25, -0.2) is 14.2 Å². The number of amides is 1. The topological polar surface area (TPSA) is 90.8 Å². The Morgan fingerprint density at radius 3 is 2.55 bits per heavy atom. The van der Waals surface area contributed by atoms with Gasteiger partial charge in [0.05, 0.1) is 40.9 Å². The summed E-state index contributed by atoms with van der Waals surface area (Å²) in [6, 6.07) is 10.4. The SMILES string of the molecule is Cc1cc(C)n(-c2nc3c(c(=O)n2-c2ccc4c(cnn4C)c2)C[C@@H](C)N(C(=O)c2ccc(Br)c(C(F)(F)F)c2)C3)n1. The Bertz CT molecular complexity index is 1960. The third kappa shape index (κ3) is 4.61. The van der Waals surface area contributed by atoms with Crippen LogP contribution in [0.25, 0.3) is 22.5 Å². The van der Waals surface area contributed by atoms with Gasteiger partial charge >= 0.3 is 6.18 Å². The molecule has 0 spiro atoms. The predicted octanol–water partition coefficient (Wildman–Crippen LogP) is 5.29. The fourth-order valence-electron chi connectivity index (χ4n) is 5.46. The highest BCUT2D eigenvalue weighted by Crippen LogP contribution is 2.36. The second kappa shape index (κ2) is 9.93. The summed E-state index contributed by atoms with van der Waals surface area (Å²) >= 11 is 2.93. The number of nitrogens with zero attached hydrogens (tertiary/aromatic N) is 7. The maximum Gasteiger partial charge on any atom is 0.417 e. The molecule has 0 fully saturated rings. The minimum absolute atomic E-state index is 0.0449. The number of carbonyl (C=O) groups excluding carboxylic acids is 1. The number of carbonyl (C=O) groups is 1. The van der Waals surface area contributed by atoms with Gasteiger partial charge in [-0.2, -0.15) is 23.4 Å². The summed E-state index contributed by atoms with van der Waals surface area (Å²) in [6.07, 6.45) is -2.73. The van der Waals surface area contributed by atoms with Crippen molar-refractivity contribution in [1.82, 2.24) is 34.0 Å². The van der Waals surface area contributed by atoms with Crippen molar-refractivity contribution >= 4 is 32.7 Å². The number of rotatable bonds is 3. The standard InChI is InChI=1S/C29H25BrF3N7O2/c1-15-9-17(3)40(36-15)28-35-24-14-38(26(41)18-5-7-23(30)22(12-18)29(31,32)33)16(2)10-21(24)27(42)39(28)20-6-8-25-19(11-20)13-34-37(25)4/h5-9,11-13,16H,10,14H2,1-4H3/t16-/m1/s1. The molecular formula is C29H25BrF3N7O2. The summed E-state index contributed by atoms with van der Waals surface area (Å²) in [7, 11) is 1.84. The lowest BCUT2D eigenvalue weighted by Crippen LogP contribution is -2.46. The van der Waals surface area contributed by atoms with Crippen LogP contribution in [0.2, 0.25) is 0 Å². The van der Waals surface area contributed by atoms with Crippen LogP contribution in [0.3, 0.4) is 0 Å². The van der Waals surface area contributed by atoms with E-state index < -0.39 is 23.7 Å². The van der Waals surface area contributed by atoms with Crippen molar-refractivity contribution in [3.05, 3.63) is 97.3 Å². The lowest BCUT2D eigenvalue weighted by Gasteiger charge is -2.34. The summed E-state index contributed by atoms with van der Waals surface area (Å²) in [6.45, 7) is 5.41. The first-order chi connectivity index (χ1) is 19.8. The Morgan fingerprint density at radius 1 is 1.10 bits per heavy atom. The van der Waals surface area contributed by atoms with Gasteiger partial charge in [0.15, 0.2) is 0 Å². The highest BCUT2D eigenvalue weighted by molar-refractivity contribution is 9.10. The molecular weight excluding hydrogens is 615 g/mol. The summed E-state index contributed by atoms with van der Waals surface area (Å²) in [5, 5.41) is 9.71. The zero-order chi connectivity index (χ0) is 30.1. The van der Waals surface area contributed by atoms with Gasteiger partial charge in [-0.15, -0.1) is 0 Å². The van der Waals surface area contributed by atoms with Gasteiger partial charge in [-0.3, -0.25) is 14.3 Å². The number of hydrogen-bond donors (Lipinski definition) is 0. The average molecular weight is 640 g/mol. The maximum absolute atomic E-state index is 14.2. The van der Waals surface area contributed by atoms with Crippen molar-refractivity contribution in [1.29, 1.82) is 0 Å². The number of halogens is 4. The first-order valence-electron chi connectivity index (χ1n) is 13.1. The van der Waals surface area contributed by atoms with E-state index in [2.05, 4.69) is 26.1 Å². The number of aromatic nitrogens is 6. The second-order valence-electron chi connectivity index (χ2n) is 10.5. The van der Waals surface area contributed by atoms with Crippen LogP contribution in [-0.4, -0.2) is 46.0 Å². The van der Waals surface area contributed by atoms with E-state index in [1.54, 1.807) is 22.5 Å². The smallest absolute Gasteiger partial charge is 0.330 e. The number of aryl methyl sites for hydroxylation is 3. The molecule has 42 heavy (non-hydrogen) atoms. The lowest BCUT2D eigenvalue weighted by atomic mass is 9.98. The Balaban J connectivity index is 1.48. The third-order valence-electron chi connectivity index (χ3n) is 7.56. The molecule has 5 aromatic rings. The van der Waals surface area contributed by atoms with Crippen LogP contribution < -0.4 is 5.56 Å². The van der Waals surface area contributed by atoms with E-state index in [4.69, 9.17) is 4.98 Å². The number of alkyl halides is 3. The molecule has 0 saturated heterocycles. The van der Waals surface area contributed by atoms with Gasteiger partial charge in [0.2, 0.25) is 5.95 Å². The Kier molecular flexibility index (Phi) is 6.59. The third-order valence-corrected chi connectivity index (χ3v) is 8.25. The summed E-state index contributed by atoms with van der Waals surface area (Å²) in [5.41, 5.74) is 2.45. The zero-order valence-corrected chi connectivity index (χ0v) is 24.7. The second-order valence-corrected chi connectivity index (χ2v) is 11.4. The molecule has 9 nitrogen and oxygen atoms in total. The molecule has 1 aliphatic rings. The van der Waals surface area contributed by atoms with Gasteiger partial charge < -0.3 is 4.90 Å². The zero-order valence-electron chi connectivity index (χ0n) is 23.1. The summed E-state index contributed by atoms with van der Waals surface area (Å²) in [5.74, 6) is -0.329. The predicted molar refractivity (Wildman–Crippen MR) is 153 cm³/mol. The molecule has 0 N–H and O–H groups in total. The summed E-state index contributed by atoms with van der Waals surface area (Å²) < 4.78 is 45.3. The Labute approximate surface area is 246 Å². The first-order valence-corrected chi connectivity index (χ1v) is 13.9. The molecule has 216 valence electrons. The van der Waals surface area contributed by atoms with Crippen LogP contribution in [0.15, 0.2) is 57.9 Å². The Morgan fingerprint density at radius 2 is 1.86 bits per heavy atom. The molecule has 4 heterocycles. The molecule has 2 aromatic carbocycles. The van der Waals surface area contributed by atoms with Crippen LogP contribution in [0.4, 0.5) is 13.2 Å². The lowest BCUT2D eigenvalue weighted by molar-refractivity contribution is -0.138. The van der Waals surface area contributed by atoms with Crippen molar-refractivity contribution in [2.24, 2.45) is 7.05 Å². The number of fused-ring (bicyclic) bond motifs is 2. The van der Waals surface area contributed by atoms with E-state index in [9.17, 15) is 22.8 Å². The van der Waals surface area contributed by atoms with Crippen LogP contribution in [0.5, 0.6) is 0 Å². The molecule has 0 unspecified atom stereocenters. The molecule has 6 rings (SSSR count). The van der Waals surface area contributed by atoms with E-state index in [1.807, 2.05) is 45.2 Å². The minimum Gasteiger partial charge on any atom is -0.330 e. The van der Waals surface area contributed by atoms with Gasteiger partial charge in [0.1, 0.15) is 0 Å². The monoisotopic (exact) mass is 639 g/mol. The van der Waals surface area contributed by atoms with Gasteiger partial charge in [0.25, 0.3) is 11.5 Å².